The first-order valence-corrected chi connectivity index (χ1v) is 13.5. The van der Waals surface area contributed by atoms with Crippen LogP contribution in [0, 0.1) is 5.82 Å². The number of primary amides is 1. The van der Waals surface area contributed by atoms with Gasteiger partial charge in [-0.05, 0) is 72.1 Å². The van der Waals surface area contributed by atoms with Gasteiger partial charge in [0.1, 0.15) is 35.5 Å². The highest BCUT2D eigenvalue weighted by Crippen LogP contribution is 2.40. The lowest BCUT2D eigenvalue weighted by Gasteiger charge is -2.35. The van der Waals surface area contributed by atoms with Crippen LogP contribution in [0.25, 0.3) is 10.9 Å². The second-order valence-electron chi connectivity index (χ2n) is 9.85. The van der Waals surface area contributed by atoms with Gasteiger partial charge in [-0.3, -0.25) is 14.4 Å². The summed E-state index contributed by atoms with van der Waals surface area (Å²) in [6.45, 7) is 1.02. The van der Waals surface area contributed by atoms with Crippen molar-refractivity contribution in [2.45, 2.75) is 19.0 Å². The Hall–Kier alpha value is -5.03. The summed E-state index contributed by atoms with van der Waals surface area (Å²) >= 11 is 6.30. The summed E-state index contributed by atoms with van der Waals surface area (Å²) in [5.41, 5.74) is 14.9. The monoisotopic (exact) mass is 588 g/mol. The van der Waals surface area contributed by atoms with Crippen LogP contribution in [-0.4, -0.2) is 44.8 Å². The van der Waals surface area contributed by atoms with Crippen molar-refractivity contribution >= 4 is 40.3 Å². The zero-order valence-corrected chi connectivity index (χ0v) is 23.0. The first-order valence-electron chi connectivity index (χ1n) is 13.2. The van der Waals surface area contributed by atoms with Gasteiger partial charge >= 0.3 is 6.09 Å². The molecule has 1 atom stereocenters. The zero-order valence-electron chi connectivity index (χ0n) is 22.2. The molecule has 0 spiro atoms. The third-order valence-electron chi connectivity index (χ3n) is 7.18. The minimum atomic E-state index is -0.644. The van der Waals surface area contributed by atoms with Crippen molar-refractivity contribution < 1.29 is 23.5 Å². The first kappa shape index (κ1) is 27.2. The summed E-state index contributed by atoms with van der Waals surface area (Å²) in [7, 11) is 0. The van der Waals surface area contributed by atoms with Crippen molar-refractivity contribution in [3.8, 4) is 11.5 Å². The molecule has 2 aromatic heterocycles. The van der Waals surface area contributed by atoms with E-state index in [1.165, 1.54) is 35.1 Å². The van der Waals surface area contributed by atoms with Gasteiger partial charge in [0.15, 0.2) is 5.82 Å². The average molecular weight is 589 g/mol. The highest BCUT2D eigenvalue weighted by Gasteiger charge is 2.35. The van der Waals surface area contributed by atoms with E-state index in [9.17, 15) is 14.0 Å². The number of aromatic nitrogens is 3. The number of nitrogen functional groups attached to an aromatic ring is 1. The zero-order chi connectivity index (χ0) is 29.4. The van der Waals surface area contributed by atoms with Gasteiger partial charge in [-0.1, -0.05) is 23.7 Å². The molecule has 1 aliphatic rings. The maximum Gasteiger partial charge on any atom is 0.416 e. The summed E-state index contributed by atoms with van der Waals surface area (Å²) in [5, 5.41) is 5.71. The lowest BCUT2D eigenvalue weighted by molar-refractivity contribution is 0.100. The highest BCUT2D eigenvalue weighted by atomic mass is 35.5. The van der Waals surface area contributed by atoms with Crippen LogP contribution in [0.4, 0.5) is 15.0 Å². The Balaban J connectivity index is 1.25. The normalized spacial score (nSPS) is 14.5. The topological polar surface area (TPSA) is 141 Å². The summed E-state index contributed by atoms with van der Waals surface area (Å²) in [6.07, 6.45) is 1.53. The minimum Gasteiger partial charge on any atom is -0.492 e. The van der Waals surface area contributed by atoms with Crippen LogP contribution in [0.3, 0.4) is 0 Å². The summed E-state index contributed by atoms with van der Waals surface area (Å²) in [5.74, 6) is -0.136. The number of fused-ring (bicyclic) bond motifs is 3. The van der Waals surface area contributed by atoms with Crippen LogP contribution in [0.15, 0.2) is 72.9 Å². The third-order valence-corrected chi connectivity index (χ3v) is 7.42. The number of nitrogens with two attached hydrogens (primary N) is 2. The fourth-order valence-electron chi connectivity index (χ4n) is 5.21. The second kappa shape index (κ2) is 11.1. The number of nitrogens with one attached hydrogen (secondary N) is 1. The molecular formula is C30H26ClFN6O4. The number of hydrogen-bond acceptors (Lipinski definition) is 6. The van der Waals surface area contributed by atoms with Crippen molar-refractivity contribution in [1.29, 1.82) is 0 Å². The Labute approximate surface area is 244 Å². The van der Waals surface area contributed by atoms with E-state index in [0.717, 1.165) is 27.7 Å². The van der Waals surface area contributed by atoms with Gasteiger partial charge in [-0.25, -0.2) is 9.18 Å². The molecule has 12 heteroatoms. The molecule has 1 aliphatic heterocycles. The number of aromatic amines is 1. The molecule has 214 valence electrons. The predicted octanol–water partition coefficient (Wildman–Crippen LogP) is 5.06. The Morgan fingerprint density at radius 2 is 1.81 bits per heavy atom. The molecule has 6 rings (SSSR count). The third kappa shape index (κ3) is 5.34. The lowest BCUT2D eigenvalue weighted by atomic mass is 9.92. The maximum absolute atomic E-state index is 13.4. The number of H-pyrrole nitrogens is 1. The van der Waals surface area contributed by atoms with Gasteiger partial charge < -0.3 is 25.9 Å². The van der Waals surface area contributed by atoms with Crippen molar-refractivity contribution in [2.24, 2.45) is 5.73 Å². The van der Waals surface area contributed by atoms with Crippen molar-refractivity contribution in [2.75, 3.05) is 18.9 Å². The lowest BCUT2D eigenvalue weighted by Crippen LogP contribution is -2.42. The van der Waals surface area contributed by atoms with Crippen LogP contribution in [-0.2, 0) is 13.0 Å². The molecule has 5 N–H and O–H groups in total. The van der Waals surface area contributed by atoms with E-state index in [-0.39, 0.29) is 23.7 Å². The number of halogens is 2. The average Bonchev–Trinajstić information content (AvgIpc) is 3.54. The molecule has 0 bridgehead atoms. The van der Waals surface area contributed by atoms with Crippen LogP contribution in [0.2, 0.25) is 5.02 Å². The summed E-state index contributed by atoms with van der Waals surface area (Å²) in [6, 6.07) is 17.9. The Morgan fingerprint density at radius 1 is 1.07 bits per heavy atom. The Morgan fingerprint density at radius 3 is 2.52 bits per heavy atom. The highest BCUT2D eigenvalue weighted by molar-refractivity contribution is 6.31. The smallest absolute Gasteiger partial charge is 0.416 e. The number of amides is 2. The number of carbonyl (C=O) groups excluding carboxylic acids is 2. The molecule has 0 radical (unpaired) electrons. The molecule has 5 aromatic rings. The molecule has 2 amide bonds. The fraction of sp³-hybridized carbons (Fsp3) is 0.167. The maximum atomic E-state index is 13.4. The molecule has 3 aromatic carbocycles. The summed E-state index contributed by atoms with van der Waals surface area (Å²) < 4.78 is 26.4. The van der Waals surface area contributed by atoms with Crippen molar-refractivity contribution in [1.82, 2.24) is 19.7 Å². The van der Waals surface area contributed by atoms with Gasteiger partial charge in [-0.2, -0.15) is 5.10 Å². The Kier molecular flexibility index (Phi) is 7.17. The van der Waals surface area contributed by atoms with E-state index >= 15 is 0 Å². The van der Waals surface area contributed by atoms with E-state index in [0.29, 0.717) is 30.3 Å². The molecule has 3 heterocycles. The number of rotatable bonds is 7. The largest absolute Gasteiger partial charge is 0.492 e. The van der Waals surface area contributed by atoms with Gasteiger partial charge in [0, 0.05) is 34.4 Å². The number of ether oxygens (including phenoxy) is 2. The van der Waals surface area contributed by atoms with E-state index < -0.39 is 23.9 Å². The fourth-order valence-corrected chi connectivity index (χ4v) is 5.38. The Bertz CT molecular complexity index is 1780. The number of anilines is 1. The van der Waals surface area contributed by atoms with Crippen LogP contribution in [0.5, 0.6) is 11.5 Å². The van der Waals surface area contributed by atoms with E-state index in [2.05, 4.69) is 10.1 Å². The molecule has 42 heavy (non-hydrogen) atoms. The van der Waals surface area contributed by atoms with E-state index in [4.69, 9.17) is 32.5 Å². The van der Waals surface area contributed by atoms with E-state index in [1.807, 2.05) is 42.5 Å². The SMILES string of the molecule is NC(=O)c1cn(CCOc2ccc(C3c4[nH]c5ccc(Cl)cc5c4CCN3C(=O)Oc3ccc(F)cc3)cc2)nc1N. The molecule has 10 nitrogen and oxygen atoms in total. The number of carbonyl (C=O) groups is 2. The molecule has 0 fully saturated rings. The number of nitrogens with zero attached hydrogens (tertiary/aromatic N) is 3. The van der Waals surface area contributed by atoms with Crippen molar-refractivity contribution in [3.05, 3.63) is 106 Å². The van der Waals surface area contributed by atoms with Gasteiger partial charge in [-0.15, -0.1) is 0 Å². The molecule has 0 saturated carbocycles. The molecule has 1 unspecified atom stereocenters. The van der Waals surface area contributed by atoms with E-state index in [1.54, 1.807) is 4.90 Å². The van der Waals surface area contributed by atoms with Gasteiger partial charge in [0.2, 0.25) is 0 Å². The van der Waals surface area contributed by atoms with Crippen LogP contribution >= 0.6 is 11.6 Å². The quantitative estimate of drug-likeness (QED) is 0.242. The van der Waals surface area contributed by atoms with Crippen LogP contribution in [0.1, 0.15) is 33.2 Å². The summed E-state index contributed by atoms with van der Waals surface area (Å²) in [4.78, 5) is 30.0. The predicted molar refractivity (Wildman–Crippen MR) is 155 cm³/mol. The van der Waals surface area contributed by atoms with Crippen molar-refractivity contribution in [3.63, 3.8) is 0 Å². The first-order chi connectivity index (χ1) is 20.3. The van der Waals surface area contributed by atoms with Gasteiger partial charge in [0.05, 0.1) is 6.54 Å². The number of benzene rings is 3. The molecule has 0 saturated heterocycles. The minimum absolute atomic E-state index is 0.0699. The number of hydrogen-bond donors (Lipinski definition) is 3. The second-order valence-corrected chi connectivity index (χ2v) is 10.3. The standard InChI is InChI=1S/C30H26ClFN6O4/c31-18-3-10-25-23(15-18)22-11-12-38(30(40)42-21-8-4-19(32)5-9-21)27(26(22)35-25)17-1-6-20(7-2-17)41-14-13-37-16-24(29(34)39)28(33)36-37/h1-10,15-16,27,35H,11-14H2,(H2,33,36)(H2,34,39). The molecular weight excluding hydrogens is 563 g/mol. The van der Waals surface area contributed by atoms with Crippen LogP contribution < -0.4 is 20.9 Å². The van der Waals surface area contributed by atoms with Gasteiger partial charge in [0.25, 0.3) is 5.91 Å². The molecule has 0 aliphatic carbocycles.